The largest absolute Gasteiger partial charge is 0.314 e. The van der Waals surface area contributed by atoms with E-state index in [0.29, 0.717) is 17.5 Å². The minimum Gasteiger partial charge on any atom is -0.314 e. The minimum atomic E-state index is 0.632. The van der Waals surface area contributed by atoms with E-state index in [1.165, 1.54) is 33.1 Å². The summed E-state index contributed by atoms with van der Waals surface area (Å²) in [4.78, 5) is 14.9. The molecule has 0 aliphatic carbocycles. The van der Waals surface area contributed by atoms with Gasteiger partial charge in [0.2, 0.25) is 0 Å². The fraction of sp³-hybridized carbons (Fsp3) is 0. The maximum absolute atomic E-state index is 5.01. The van der Waals surface area contributed by atoms with Crippen molar-refractivity contribution in [3.8, 4) is 51.0 Å². The molecular weight excluding hydrogens is 562 g/mol. The van der Waals surface area contributed by atoms with Gasteiger partial charge in [0, 0.05) is 39.5 Å². The predicted molar refractivity (Wildman–Crippen MR) is 187 cm³/mol. The first-order valence-electron chi connectivity index (χ1n) is 15.4. The van der Waals surface area contributed by atoms with E-state index in [0.717, 1.165) is 27.9 Å². The van der Waals surface area contributed by atoms with Gasteiger partial charge in [-0.2, -0.15) is 0 Å². The Hall–Kier alpha value is -6.33. The summed E-state index contributed by atoms with van der Waals surface area (Å²) in [6.07, 6.45) is 2.17. The molecule has 0 atom stereocenters. The van der Waals surface area contributed by atoms with Crippen LogP contribution < -0.4 is 0 Å². The Labute approximate surface area is 265 Å². The molecule has 0 saturated carbocycles. The van der Waals surface area contributed by atoms with E-state index >= 15 is 0 Å². The normalized spacial score (nSPS) is 11.5. The summed E-state index contributed by atoms with van der Waals surface area (Å²) in [6, 6.07) is 54.5. The molecule has 216 valence electrons. The van der Waals surface area contributed by atoms with Crippen molar-refractivity contribution < 1.29 is 0 Å². The first-order chi connectivity index (χ1) is 22.8. The van der Waals surface area contributed by atoms with E-state index in [2.05, 4.69) is 112 Å². The van der Waals surface area contributed by atoms with Gasteiger partial charge in [-0.1, -0.05) is 127 Å². The molecule has 4 aromatic heterocycles. The van der Waals surface area contributed by atoms with Crippen molar-refractivity contribution in [1.82, 2.24) is 23.9 Å². The van der Waals surface area contributed by atoms with Gasteiger partial charge in [0.1, 0.15) is 0 Å². The molecule has 4 heterocycles. The fourth-order valence-corrected chi connectivity index (χ4v) is 6.54. The summed E-state index contributed by atoms with van der Waals surface area (Å²) < 4.78 is 4.71. The van der Waals surface area contributed by atoms with Crippen molar-refractivity contribution in [2.24, 2.45) is 0 Å². The van der Waals surface area contributed by atoms with Crippen LogP contribution in [0.1, 0.15) is 0 Å². The van der Waals surface area contributed by atoms with Crippen LogP contribution in [0.2, 0.25) is 0 Å². The molecule has 0 fully saturated rings. The van der Waals surface area contributed by atoms with Gasteiger partial charge in [-0.15, -0.1) is 0 Å². The average molecular weight is 590 g/mol. The molecule has 9 aromatic rings. The molecule has 0 N–H and O–H groups in total. The Balaban J connectivity index is 1.32. The zero-order valence-electron chi connectivity index (χ0n) is 24.8. The van der Waals surface area contributed by atoms with Crippen LogP contribution in [0.4, 0.5) is 0 Å². The molecule has 0 spiro atoms. The molecule has 0 amide bonds. The first kappa shape index (κ1) is 26.1. The molecule has 5 heteroatoms. The van der Waals surface area contributed by atoms with Crippen molar-refractivity contribution in [1.29, 1.82) is 0 Å². The average Bonchev–Trinajstić information content (AvgIpc) is 3.65. The van der Waals surface area contributed by atoms with Crippen molar-refractivity contribution in [2.45, 2.75) is 0 Å². The maximum Gasteiger partial charge on any atom is 0.164 e. The third-order valence-electron chi connectivity index (χ3n) is 8.57. The van der Waals surface area contributed by atoms with Crippen LogP contribution in [-0.2, 0) is 0 Å². The number of nitrogens with zero attached hydrogens (tertiary/aromatic N) is 5. The van der Waals surface area contributed by atoms with Crippen LogP contribution in [0.3, 0.4) is 0 Å². The van der Waals surface area contributed by atoms with Crippen molar-refractivity contribution in [2.75, 3.05) is 0 Å². The molecule has 0 radical (unpaired) electrons. The summed E-state index contributed by atoms with van der Waals surface area (Å²) in [7, 11) is 0. The van der Waals surface area contributed by atoms with Crippen LogP contribution in [0.25, 0.3) is 78.4 Å². The molecular formula is C41H27N5. The van der Waals surface area contributed by atoms with E-state index in [-0.39, 0.29) is 0 Å². The molecule has 0 aliphatic rings. The third kappa shape index (κ3) is 4.21. The summed E-state index contributed by atoms with van der Waals surface area (Å²) in [5.41, 5.74) is 10.9. The summed E-state index contributed by atoms with van der Waals surface area (Å²) in [5, 5.41) is 1.20. The van der Waals surface area contributed by atoms with Gasteiger partial charge >= 0.3 is 0 Å². The van der Waals surface area contributed by atoms with Gasteiger partial charge in [0.15, 0.2) is 17.5 Å². The van der Waals surface area contributed by atoms with Gasteiger partial charge in [0.25, 0.3) is 0 Å². The number of benzene rings is 5. The molecule has 46 heavy (non-hydrogen) atoms. The number of para-hydroxylation sites is 1. The predicted octanol–water partition coefficient (Wildman–Crippen LogP) is 9.89. The van der Waals surface area contributed by atoms with Crippen LogP contribution >= 0.6 is 0 Å². The highest BCUT2D eigenvalue weighted by atomic mass is 15.1. The molecule has 5 aromatic carbocycles. The number of hydrogen-bond acceptors (Lipinski definition) is 3. The molecule has 0 saturated heterocycles. The number of hydrogen-bond donors (Lipinski definition) is 0. The van der Waals surface area contributed by atoms with E-state index in [1.807, 2.05) is 60.7 Å². The van der Waals surface area contributed by atoms with Crippen LogP contribution in [0.5, 0.6) is 0 Å². The minimum absolute atomic E-state index is 0.632. The Kier molecular flexibility index (Phi) is 6.06. The van der Waals surface area contributed by atoms with Gasteiger partial charge in [0.05, 0.1) is 22.1 Å². The summed E-state index contributed by atoms with van der Waals surface area (Å²) in [5.74, 6) is 1.93. The lowest BCUT2D eigenvalue weighted by molar-refractivity contribution is 1.07. The second kappa shape index (κ2) is 10.7. The fourth-order valence-electron chi connectivity index (χ4n) is 6.54. The number of aromatic nitrogens is 5. The van der Waals surface area contributed by atoms with E-state index in [1.54, 1.807) is 0 Å². The van der Waals surface area contributed by atoms with Crippen molar-refractivity contribution >= 4 is 27.5 Å². The number of pyridine rings is 1. The lowest BCUT2D eigenvalue weighted by atomic mass is 10.1. The smallest absolute Gasteiger partial charge is 0.164 e. The lowest BCUT2D eigenvalue weighted by Crippen LogP contribution is -2.01. The van der Waals surface area contributed by atoms with Crippen molar-refractivity contribution in [3.63, 3.8) is 0 Å². The molecule has 5 nitrogen and oxygen atoms in total. The maximum atomic E-state index is 5.01. The van der Waals surface area contributed by atoms with E-state index in [4.69, 9.17) is 15.0 Å². The Morgan fingerprint density at radius 2 is 0.913 bits per heavy atom. The monoisotopic (exact) mass is 589 g/mol. The second-order valence-corrected chi connectivity index (χ2v) is 11.3. The Bertz CT molecular complexity index is 2460. The summed E-state index contributed by atoms with van der Waals surface area (Å²) >= 11 is 0. The van der Waals surface area contributed by atoms with Crippen molar-refractivity contribution in [3.05, 3.63) is 164 Å². The molecule has 0 bridgehead atoms. The molecule has 0 unspecified atom stereocenters. The highest BCUT2D eigenvalue weighted by Crippen LogP contribution is 2.42. The SMILES string of the molecule is c1ccc(-c2nc(-c3ccccc3)nc(-c3cccc(-n4c5ccccc5c5c4c(-c4ccccc4)c4ccccn45)c3)n2)cc1. The zero-order chi connectivity index (χ0) is 30.5. The summed E-state index contributed by atoms with van der Waals surface area (Å²) in [6.45, 7) is 0. The van der Waals surface area contributed by atoms with Crippen LogP contribution in [-0.4, -0.2) is 23.9 Å². The zero-order valence-corrected chi connectivity index (χ0v) is 24.8. The molecule has 0 aliphatic heterocycles. The quantitative estimate of drug-likeness (QED) is 0.201. The highest BCUT2D eigenvalue weighted by molar-refractivity contribution is 6.17. The lowest BCUT2D eigenvalue weighted by Gasteiger charge is -2.12. The van der Waals surface area contributed by atoms with Gasteiger partial charge in [-0.25, -0.2) is 15.0 Å². The van der Waals surface area contributed by atoms with Crippen LogP contribution in [0, 0.1) is 0 Å². The molecule has 9 rings (SSSR count). The third-order valence-corrected chi connectivity index (χ3v) is 8.57. The van der Waals surface area contributed by atoms with Gasteiger partial charge in [-0.05, 0) is 35.9 Å². The van der Waals surface area contributed by atoms with E-state index in [9.17, 15) is 0 Å². The van der Waals surface area contributed by atoms with Crippen LogP contribution in [0.15, 0.2) is 164 Å². The Morgan fingerprint density at radius 3 is 1.59 bits per heavy atom. The topological polar surface area (TPSA) is 48.0 Å². The standard InChI is InChI=1S/C41H27N5/c1-4-15-28(16-5-1)36-35-25-12-13-26-45(35)37-33-23-10-11-24-34(33)46(38(36)37)32-22-14-21-31(27-32)41-43-39(29-17-6-2-7-18-29)42-40(44-41)30-19-8-3-9-20-30/h1-27H. The first-order valence-corrected chi connectivity index (χ1v) is 15.4. The number of fused-ring (bicyclic) bond motifs is 5. The van der Waals surface area contributed by atoms with E-state index < -0.39 is 0 Å². The second-order valence-electron chi connectivity index (χ2n) is 11.3. The Morgan fingerprint density at radius 1 is 0.391 bits per heavy atom. The highest BCUT2D eigenvalue weighted by Gasteiger charge is 2.23. The van der Waals surface area contributed by atoms with Gasteiger partial charge < -0.3 is 8.97 Å². The number of rotatable bonds is 5. The van der Waals surface area contributed by atoms with Gasteiger partial charge in [-0.3, -0.25) is 0 Å².